The highest BCUT2D eigenvalue weighted by Gasteiger charge is 2.23. The Morgan fingerprint density at radius 1 is 0.962 bits per heavy atom. The summed E-state index contributed by atoms with van der Waals surface area (Å²) in [7, 11) is 0. The predicted octanol–water partition coefficient (Wildman–Crippen LogP) is 3.86. The van der Waals surface area contributed by atoms with Crippen molar-refractivity contribution in [2.24, 2.45) is 0 Å². The van der Waals surface area contributed by atoms with E-state index in [-0.39, 0.29) is 11.9 Å². The standard InChI is InChI=1S/C21H25N3O2/c1-15-8-3-4-10-17(15)14-22-21(26)23-19-16(2)9-7-11-18(19)20(25)24-12-5-6-13-24/h3-4,7-11H,5-6,12-14H2,1-2H3,(H2,22,23,26). The molecule has 5 heteroatoms. The minimum Gasteiger partial charge on any atom is -0.339 e. The number of carbonyl (C=O) groups is 2. The first-order chi connectivity index (χ1) is 12.6. The Bertz CT molecular complexity index is 811. The van der Waals surface area contributed by atoms with Crippen molar-refractivity contribution in [2.45, 2.75) is 33.2 Å². The van der Waals surface area contributed by atoms with Gasteiger partial charge in [0, 0.05) is 19.6 Å². The number of amides is 3. The zero-order valence-corrected chi connectivity index (χ0v) is 15.3. The molecule has 0 aromatic heterocycles. The van der Waals surface area contributed by atoms with E-state index < -0.39 is 0 Å². The first-order valence-electron chi connectivity index (χ1n) is 9.04. The SMILES string of the molecule is Cc1ccccc1CNC(=O)Nc1c(C)cccc1C(=O)N1CCCC1. The number of hydrogen-bond donors (Lipinski definition) is 2. The Morgan fingerprint density at radius 2 is 1.65 bits per heavy atom. The first-order valence-corrected chi connectivity index (χ1v) is 9.04. The maximum Gasteiger partial charge on any atom is 0.319 e. The van der Waals surface area contributed by atoms with E-state index in [9.17, 15) is 9.59 Å². The fraction of sp³-hybridized carbons (Fsp3) is 0.333. The molecular weight excluding hydrogens is 326 g/mol. The van der Waals surface area contributed by atoms with Gasteiger partial charge in [0.05, 0.1) is 11.3 Å². The lowest BCUT2D eigenvalue weighted by Gasteiger charge is -2.19. The van der Waals surface area contributed by atoms with Crippen molar-refractivity contribution in [2.75, 3.05) is 18.4 Å². The Balaban J connectivity index is 1.71. The minimum absolute atomic E-state index is 0.0135. The molecule has 136 valence electrons. The van der Waals surface area contributed by atoms with Gasteiger partial charge in [0.25, 0.3) is 5.91 Å². The maximum atomic E-state index is 12.8. The summed E-state index contributed by atoms with van der Waals surface area (Å²) in [5.41, 5.74) is 4.22. The molecule has 1 aliphatic heterocycles. The number of benzene rings is 2. The second-order valence-corrected chi connectivity index (χ2v) is 6.73. The van der Waals surface area contributed by atoms with E-state index >= 15 is 0 Å². The van der Waals surface area contributed by atoms with Crippen LogP contribution in [0.5, 0.6) is 0 Å². The van der Waals surface area contributed by atoms with Crippen LogP contribution in [0.1, 0.15) is 39.9 Å². The number of anilines is 1. The molecule has 0 bridgehead atoms. The first kappa shape index (κ1) is 18.0. The van der Waals surface area contributed by atoms with Gasteiger partial charge in [-0.3, -0.25) is 4.79 Å². The summed E-state index contributed by atoms with van der Waals surface area (Å²) in [4.78, 5) is 27.0. The number of rotatable bonds is 4. The summed E-state index contributed by atoms with van der Waals surface area (Å²) in [5.74, 6) is -0.0135. The molecule has 26 heavy (non-hydrogen) atoms. The average Bonchev–Trinajstić information content (AvgIpc) is 3.17. The van der Waals surface area contributed by atoms with Crippen LogP contribution in [0.4, 0.5) is 10.5 Å². The number of urea groups is 1. The summed E-state index contributed by atoms with van der Waals surface area (Å²) in [6.45, 7) is 5.93. The summed E-state index contributed by atoms with van der Waals surface area (Å²) in [5, 5.41) is 5.75. The summed E-state index contributed by atoms with van der Waals surface area (Å²) in [6, 6.07) is 13.2. The molecule has 1 aliphatic rings. The molecule has 2 N–H and O–H groups in total. The number of likely N-dealkylation sites (tertiary alicyclic amines) is 1. The van der Waals surface area contributed by atoms with Gasteiger partial charge in [-0.1, -0.05) is 36.4 Å². The van der Waals surface area contributed by atoms with Crippen molar-refractivity contribution in [1.29, 1.82) is 0 Å². The highest BCUT2D eigenvalue weighted by molar-refractivity contribution is 6.04. The molecule has 1 fully saturated rings. The Hall–Kier alpha value is -2.82. The maximum absolute atomic E-state index is 12.8. The molecule has 0 aliphatic carbocycles. The molecule has 0 unspecified atom stereocenters. The third-order valence-corrected chi connectivity index (χ3v) is 4.84. The number of para-hydroxylation sites is 1. The molecule has 5 nitrogen and oxygen atoms in total. The third-order valence-electron chi connectivity index (χ3n) is 4.84. The highest BCUT2D eigenvalue weighted by atomic mass is 16.2. The second-order valence-electron chi connectivity index (χ2n) is 6.73. The van der Waals surface area contributed by atoms with Gasteiger partial charge in [-0.15, -0.1) is 0 Å². The molecule has 3 rings (SSSR count). The fourth-order valence-corrected chi connectivity index (χ4v) is 3.24. The van der Waals surface area contributed by atoms with E-state index in [0.29, 0.717) is 17.8 Å². The van der Waals surface area contributed by atoms with E-state index in [2.05, 4.69) is 10.6 Å². The monoisotopic (exact) mass is 351 g/mol. The normalized spacial score (nSPS) is 13.5. The van der Waals surface area contributed by atoms with Crippen LogP contribution in [0.15, 0.2) is 42.5 Å². The molecule has 2 aromatic rings. The van der Waals surface area contributed by atoms with Crippen molar-refractivity contribution < 1.29 is 9.59 Å². The van der Waals surface area contributed by atoms with Crippen molar-refractivity contribution in [1.82, 2.24) is 10.2 Å². The fourth-order valence-electron chi connectivity index (χ4n) is 3.24. The van der Waals surface area contributed by atoms with E-state index in [1.807, 2.05) is 55.1 Å². The number of hydrogen-bond acceptors (Lipinski definition) is 2. The van der Waals surface area contributed by atoms with E-state index in [1.54, 1.807) is 6.07 Å². The number of nitrogens with zero attached hydrogens (tertiary/aromatic N) is 1. The van der Waals surface area contributed by atoms with Crippen LogP contribution in [0.3, 0.4) is 0 Å². The van der Waals surface area contributed by atoms with Crippen molar-refractivity contribution in [3.63, 3.8) is 0 Å². The van der Waals surface area contributed by atoms with Gasteiger partial charge in [-0.25, -0.2) is 4.79 Å². The van der Waals surface area contributed by atoms with E-state index in [1.165, 1.54) is 0 Å². The Morgan fingerprint density at radius 3 is 2.38 bits per heavy atom. The van der Waals surface area contributed by atoms with Gasteiger partial charge in [0.1, 0.15) is 0 Å². The average molecular weight is 351 g/mol. The topological polar surface area (TPSA) is 61.4 Å². The summed E-state index contributed by atoms with van der Waals surface area (Å²) in [6.07, 6.45) is 2.08. The molecule has 0 radical (unpaired) electrons. The lowest BCUT2D eigenvalue weighted by atomic mass is 10.1. The Kier molecular flexibility index (Phi) is 5.56. The molecular formula is C21H25N3O2. The largest absolute Gasteiger partial charge is 0.339 e. The zero-order chi connectivity index (χ0) is 18.5. The van der Waals surface area contributed by atoms with Crippen molar-refractivity contribution in [3.8, 4) is 0 Å². The van der Waals surface area contributed by atoms with Crippen LogP contribution in [-0.2, 0) is 6.54 Å². The van der Waals surface area contributed by atoms with Gasteiger partial charge >= 0.3 is 6.03 Å². The number of aryl methyl sites for hydroxylation is 2. The van der Waals surface area contributed by atoms with Crippen LogP contribution in [0, 0.1) is 13.8 Å². The lowest BCUT2D eigenvalue weighted by Crippen LogP contribution is -2.32. The quantitative estimate of drug-likeness (QED) is 0.879. The molecule has 0 atom stereocenters. The minimum atomic E-state index is -0.307. The van der Waals surface area contributed by atoms with E-state index in [0.717, 1.165) is 42.6 Å². The van der Waals surface area contributed by atoms with Gasteiger partial charge in [0.2, 0.25) is 0 Å². The highest BCUT2D eigenvalue weighted by Crippen LogP contribution is 2.24. The predicted molar refractivity (Wildman–Crippen MR) is 103 cm³/mol. The van der Waals surface area contributed by atoms with Gasteiger partial charge in [-0.05, 0) is 49.4 Å². The summed E-state index contributed by atoms with van der Waals surface area (Å²) >= 11 is 0. The molecule has 1 saturated heterocycles. The molecule has 0 spiro atoms. The molecule has 1 heterocycles. The van der Waals surface area contributed by atoms with Crippen molar-refractivity contribution >= 4 is 17.6 Å². The van der Waals surface area contributed by atoms with Crippen LogP contribution in [-0.4, -0.2) is 29.9 Å². The Labute approximate surface area is 154 Å². The van der Waals surface area contributed by atoms with Crippen LogP contribution >= 0.6 is 0 Å². The molecule has 3 amide bonds. The van der Waals surface area contributed by atoms with Gasteiger partial charge in [0.15, 0.2) is 0 Å². The van der Waals surface area contributed by atoms with Gasteiger partial charge < -0.3 is 15.5 Å². The molecule has 2 aromatic carbocycles. The van der Waals surface area contributed by atoms with Crippen LogP contribution in [0.25, 0.3) is 0 Å². The number of carbonyl (C=O) groups excluding carboxylic acids is 2. The van der Waals surface area contributed by atoms with Crippen molar-refractivity contribution in [3.05, 3.63) is 64.7 Å². The molecule has 0 saturated carbocycles. The van der Waals surface area contributed by atoms with E-state index in [4.69, 9.17) is 0 Å². The van der Waals surface area contributed by atoms with Crippen LogP contribution < -0.4 is 10.6 Å². The number of nitrogens with one attached hydrogen (secondary N) is 2. The smallest absolute Gasteiger partial charge is 0.319 e. The second kappa shape index (κ2) is 8.04. The zero-order valence-electron chi connectivity index (χ0n) is 15.3. The van der Waals surface area contributed by atoms with Crippen LogP contribution in [0.2, 0.25) is 0 Å². The van der Waals surface area contributed by atoms with Gasteiger partial charge in [-0.2, -0.15) is 0 Å². The lowest BCUT2D eigenvalue weighted by molar-refractivity contribution is 0.0794. The summed E-state index contributed by atoms with van der Waals surface area (Å²) < 4.78 is 0. The third kappa shape index (κ3) is 4.04.